The van der Waals surface area contributed by atoms with Crippen molar-refractivity contribution in [3.05, 3.63) is 41.2 Å². The molecular formula is C14H16FNO2. The van der Waals surface area contributed by atoms with Crippen LogP contribution in [0.4, 0.5) is 10.1 Å². The van der Waals surface area contributed by atoms with Gasteiger partial charge in [-0.15, -0.1) is 0 Å². The SMILES string of the molecule is COC(=O)/C(C)=C/CN1CCc2ccc(F)cc21. The molecule has 1 aliphatic heterocycles. The monoisotopic (exact) mass is 249 g/mol. The van der Waals surface area contributed by atoms with Crippen LogP contribution in [-0.2, 0) is 16.0 Å². The van der Waals surface area contributed by atoms with E-state index in [1.807, 2.05) is 12.1 Å². The van der Waals surface area contributed by atoms with Crippen LogP contribution in [0.2, 0.25) is 0 Å². The van der Waals surface area contributed by atoms with Gasteiger partial charge in [0.15, 0.2) is 0 Å². The van der Waals surface area contributed by atoms with E-state index in [-0.39, 0.29) is 11.8 Å². The summed E-state index contributed by atoms with van der Waals surface area (Å²) in [6.07, 6.45) is 2.73. The number of methoxy groups -OCH3 is 1. The lowest BCUT2D eigenvalue weighted by molar-refractivity contribution is -0.136. The summed E-state index contributed by atoms with van der Waals surface area (Å²) in [6, 6.07) is 4.85. The summed E-state index contributed by atoms with van der Waals surface area (Å²) in [4.78, 5) is 13.3. The number of carbonyl (C=O) groups is 1. The van der Waals surface area contributed by atoms with Gasteiger partial charge in [-0.2, -0.15) is 0 Å². The number of carbonyl (C=O) groups excluding carboxylic acids is 1. The van der Waals surface area contributed by atoms with Crippen molar-refractivity contribution >= 4 is 11.7 Å². The first-order valence-electron chi connectivity index (χ1n) is 5.90. The average Bonchev–Trinajstić information content (AvgIpc) is 2.77. The minimum Gasteiger partial charge on any atom is -0.466 e. The normalized spacial score (nSPS) is 14.6. The third-order valence-corrected chi connectivity index (χ3v) is 3.16. The van der Waals surface area contributed by atoms with Crippen molar-refractivity contribution < 1.29 is 13.9 Å². The molecule has 0 aliphatic carbocycles. The molecule has 4 heteroatoms. The molecule has 0 N–H and O–H groups in total. The maximum Gasteiger partial charge on any atom is 0.333 e. The second-order valence-electron chi connectivity index (χ2n) is 4.35. The molecule has 1 heterocycles. The van der Waals surface area contributed by atoms with E-state index in [0.29, 0.717) is 12.1 Å². The molecule has 0 bridgehead atoms. The lowest BCUT2D eigenvalue weighted by Crippen LogP contribution is -2.21. The molecule has 3 nitrogen and oxygen atoms in total. The molecule has 0 atom stereocenters. The molecule has 0 aromatic heterocycles. The molecule has 0 amide bonds. The number of esters is 1. The van der Waals surface area contributed by atoms with Gasteiger partial charge in [0, 0.05) is 24.4 Å². The van der Waals surface area contributed by atoms with Crippen LogP contribution in [0, 0.1) is 5.82 Å². The van der Waals surface area contributed by atoms with Crippen LogP contribution in [0.5, 0.6) is 0 Å². The van der Waals surface area contributed by atoms with Crippen molar-refractivity contribution in [1.29, 1.82) is 0 Å². The maximum atomic E-state index is 13.2. The quantitative estimate of drug-likeness (QED) is 0.608. The second kappa shape index (κ2) is 5.21. The Hall–Kier alpha value is -1.84. The van der Waals surface area contributed by atoms with E-state index in [1.54, 1.807) is 13.0 Å². The van der Waals surface area contributed by atoms with E-state index >= 15 is 0 Å². The predicted octanol–water partition coefficient (Wildman–Crippen LogP) is 2.31. The van der Waals surface area contributed by atoms with Crippen LogP contribution in [0.25, 0.3) is 0 Å². The Balaban J connectivity index is 2.10. The molecule has 0 fully saturated rings. The number of benzene rings is 1. The van der Waals surface area contributed by atoms with Gasteiger partial charge >= 0.3 is 5.97 Å². The van der Waals surface area contributed by atoms with Gasteiger partial charge in [0.25, 0.3) is 0 Å². The molecule has 0 saturated carbocycles. The Morgan fingerprint density at radius 1 is 1.56 bits per heavy atom. The summed E-state index contributed by atoms with van der Waals surface area (Å²) in [5.41, 5.74) is 2.65. The van der Waals surface area contributed by atoms with Gasteiger partial charge in [-0.3, -0.25) is 0 Å². The molecule has 1 aromatic carbocycles. The van der Waals surface area contributed by atoms with Crippen LogP contribution in [0.1, 0.15) is 12.5 Å². The summed E-state index contributed by atoms with van der Waals surface area (Å²) < 4.78 is 17.8. The zero-order valence-corrected chi connectivity index (χ0v) is 10.6. The average molecular weight is 249 g/mol. The zero-order valence-electron chi connectivity index (χ0n) is 10.6. The molecule has 18 heavy (non-hydrogen) atoms. The van der Waals surface area contributed by atoms with Gasteiger partial charge in [0.2, 0.25) is 0 Å². The van der Waals surface area contributed by atoms with Crippen molar-refractivity contribution in [2.45, 2.75) is 13.3 Å². The minimum absolute atomic E-state index is 0.227. The van der Waals surface area contributed by atoms with Gasteiger partial charge in [-0.05, 0) is 31.0 Å². The van der Waals surface area contributed by atoms with Crippen LogP contribution in [0.3, 0.4) is 0 Å². The van der Waals surface area contributed by atoms with Gasteiger partial charge in [0.1, 0.15) is 5.82 Å². The standard InChI is InChI=1S/C14H16FNO2/c1-10(14(17)18-2)5-7-16-8-6-11-3-4-12(15)9-13(11)16/h3-5,9H,6-8H2,1-2H3/b10-5+. The van der Waals surface area contributed by atoms with E-state index in [1.165, 1.54) is 13.2 Å². The first-order chi connectivity index (χ1) is 8.61. The van der Waals surface area contributed by atoms with Gasteiger partial charge < -0.3 is 9.64 Å². The number of fused-ring (bicyclic) bond motifs is 1. The topological polar surface area (TPSA) is 29.5 Å². The molecule has 2 rings (SSSR count). The van der Waals surface area contributed by atoms with E-state index in [4.69, 9.17) is 0 Å². The van der Waals surface area contributed by atoms with E-state index in [9.17, 15) is 9.18 Å². The highest BCUT2D eigenvalue weighted by Crippen LogP contribution is 2.28. The summed E-state index contributed by atoms with van der Waals surface area (Å²) in [6.45, 7) is 3.16. The first kappa shape index (κ1) is 12.6. The molecule has 0 radical (unpaired) electrons. The number of ether oxygens (including phenoxy) is 1. The van der Waals surface area contributed by atoms with Gasteiger partial charge in [0.05, 0.1) is 7.11 Å². The highest BCUT2D eigenvalue weighted by molar-refractivity contribution is 5.87. The first-order valence-corrected chi connectivity index (χ1v) is 5.90. The Bertz CT molecular complexity index is 497. The summed E-state index contributed by atoms with van der Waals surface area (Å²) in [5, 5.41) is 0. The third-order valence-electron chi connectivity index (χ3n) is 3.16. The summed E-state index contributed by atoms with van der Waals surface area (Å²) in [7, 11) is 1.36. The Labute approximate surface area is 106 Å². The van der Waals surface area contributed by atoms with E-state index < -0.39 is 0 Å². The molecule has 0 unspecified atom stereocenters. The van der Waals surface area contributed by atoms with Crippen LogP contribution >= 0.6 is 0 Å². The number of rotatable bonds is 3. The van der Waals surface area contributed by atoms with Crippen LogP contribution in [-0.4, -0.2) is 26.2 Å². The van der Waals surface area contributed by atoms with Crippen LogP contribution in [0.15, 0.2) is 29.8 Å². The summed E-state index contributed by atoms with van der Waals surface area (Å²) in [5.74, 6) is -0.553. The molecule has 0 saturated heterocycles. The Morgan fingerprint density at radius 3 is 3.06 bits per heavy atom. The third kappa shape index (κ3) is 2.53. The lowest BCUT2D eigenvalue weighted by atomic mass is 10.2. The number of hydrogen-bond acceptors (Lipinski definition) is 3. The van der Waals surface area contributed by atoms with Crippen molar-refractivity contribution in [2.75, 3.05) is 25.1 Å². The maximum absolute atomic E-state index is 13.2. The highest BCUT2D eigenvalue weighted by Gasteiger charge is 2.18. The Kier molecular flexibility index (Phi) is 3.65. The molecule has 96 valence electrons. The zero-order chi connectivity index (χ0) is 13.1. The fourth-order valence-electron chi connectivity index (χ4n) is 2.10. The smallest absolute Gasteiger partial charge is 0.333 e. The van der Waals surface area contributed by atoms with Crippen molar-refractivity contribution in [1.82, 2.24) is 0 Å². The van der Waals surface area contributed by atoms with E-state index in [0.717, 1.165) is 24.2 Å². The second-order valence-corrected chi connectivity index (χ2v) is 4.35. The summed E-state index contributed by atoms with van der Waals surface area (Å²) >= 11 is 0. The molecular weight excluding hydrogens is 233 g/mol. The number of halogens is 1. The molecule has 1 aliphatic rings. The Morgan fingerprint density at radius 2 is 2.33 bits per heavy atom. The predicted molar refractivity (Wildman–Crippen MR) is 68.1 cm³/mol. The number of anilines is 1. The molecule has 0 spiro atoms. The fraction of sp³-hybridized carbons (Fsp3) is 0.357. The lowest BCUT2D eigenvalue weighted by Gasteiger charge is -2.17. The highest BCUT2D eigenvalue weighted by atomic mass is 19.1. The fourth-order valence-corrected chi connectivity index (χ4v) is 2.10. The van der Waals surface area contributed by atoms with Crippen LogP contribution < -0.4 is 4.90 Å². The van der Waals surface area contributed by atoms with Gasteiger partial charge in [-0.25, -0.2) is 9.18 Å². The largest absolute Gasteiger partial charge is 0.466 e. The van der Waals surface area contributed by atoms with E-state index in [2.05, 4.69) is 9.64 Å². The molecule has 1 aromatic rings. The minimum atomic E-state index is -0.325. The van der Waals surface area contributed by atoms with Crippen molar-refractivity contribution in [3.8, 4) is 0 Å². The van der Waals surface area contributed by atoms with Gasteiger partial charge in [-0.1, -0.05) is 12.1 Å². The van der Waals surface area contributed by atoms with Crippen molar-refractivity contribution in [2.24, 2.45) is 0 Å². The number of hydrogen-bond donors (Lipinski definition) is 0. The number of nitrogens with zero attached hydrogens (tertiary/aromatic N) is 1. The van der Waals surface area contributed by atoms with Crippen molar-refractivity contribution in [3.63, 3.8) is 0 Å².